The first-order chi connectivity index (χ1) is 6.68. The first kappa shape index (κ1) is 10.3. The number of alkyl halides is 2. The molecule has 0 unspecified atom stereocenters. The molecule has 0 fully saturated rings. The highest BCUT2D eigenvalue weighted by molar-refractivity contribution is 9.24. The normalized spacial score (nSPS) is 11.1. The van der Waals surface area contributed by atoms with E-state index in [4.69, 9.17) is 11.6 Å². The van der Waals surface area contributed by atoms with Crippen LogP contribution in [0.2, 0.25) is 5.15 Å². The lowest BCUT2D eigenvalue weighted by molar-refractivity contribution is 1.22. The van der Waals surface area contributed by atoms with E-state index < -0.39 is 0 Å². The van der Waals surface area contributed by atoms with Crippen molar-refractivity contribution in [2.24, 2.45) is 0 Å². The van der Waals surface area contributed by atoms with E-state index in [0.717, 1.165) is 16.5 Å². The first-order valence-corrected chi connectivity index (χ1v) is 6.08. The minimum Gasteiger partial charge on any atom is -0.236 e. The highest BCUT2D eigenvalue weighted by atomic mass is 79.9. The molecule has 0 N–H and O–H groups in total. The van der Waals surface area contributed by atoms with Gasteiger partial charge in [-0.3, -0.25) is 0 Å². The summed E-state index contributed by atoms with van der Waals surface area (Å²) < 4.78 is 0.121. The van der Waals surface area contributed by atoms with Crippen LogP contribution in [-0.2, 0) is 0 Å². The number of benzene rings is 1. The molecule has 1 heterocycles. The quantitative estimate of drug-likeness (QED) is 0.579. The summed E-state index contributed by atoms with van der Waals surface area (Å²) in [6.45, 7) is 0. The van der Waals surface area contributed by atoms with E-state index in [1.165, 1.54) is 6.33 Å². The zero-order valence-corrected chi connectivity index (χ0v) is 10.8. The summed E-state index contributed by atoms with van der Waals surface area (Å²) in [5.74, 6) is 0. The van der Waals surface area contributed by atoms with Gasteiger partial charge in [-0.25, -0.2) is 9.97 Å². The van der Waals surface area contributed by atoms with Crippen LogP contribution in [0.3, 0.4) is 0 Å². The van der Waals surface area contributed by atoms with Gasteiger partial charge in [0.15, 0.2) is 0 Å². The van der Waals surface area contributed by atoms with Gasteiger partial charge in [0.1, 0.15) is 11.5 Å². The van der Waals surface area contributed by atoms with Gasteiger partial charge in [-0.1, -0.05) is 49.5 Å². The molecular formula is C9H5Br2ClN2. The molecule has 2 nitrogen and oxygen atoms in total. The van der Waals surface area contributed by atoms with Crippen LogP contribution in [0.4, 0.5) is 0 Å². The zero-order valence-electron chi connectivity index (χ0n) is 6.92. The smallest absolute Gasteiger partial charge is 0.140 e. The van der Waals surface area contributed by atoms with E-state index in [1.807, 2.05) is 18.2 Å². The van der Waals surface area contributed by atoms with E-state index in [-0.39, 0.29) is 3.74 Å². The van der Waals surface area contributed by atoms with Gasteiger partial charge in [-0.2, -0.15) is 0 Å². The Morgan fingerprint density at radius 1 is 1.21 bits per heavy atom. The number of rotatable bonds is 1. The molecule has 5 heteroatoms. The summed E-state index contributed by atoms with van der Waals surface area (Å²) in [4.78, 5) is 8.05. The maximum absolute atomic E-state index is 5.95. The van der Waals surface area contributed by atoms with Crippen LogP contribution >= 0.6 is 43.5 Å². The molecule has 0 spiro atoms. The van der Waals surface area contributed by atoms with Crippen LogP contribution in [-0.4, -0.2) is 9.97 Å². The average molecular weight is 336 g/mol. The molecule has 0 aliphatic carbocycles. The number of fused-ring (bicyclic) bond motifs is 1. The van der Waals surface area contributed by atoms with E-state index >= 15 is 0 Å². The van der Waals surface area contributed by atoms with Crippen LogP contribution < -0.4 is 0 Å². The standard InChI is InChI=1S/C9H5Br2ClN2/c10-8(11)5-1-2-7-6(3-5)9(12)14-4-13-7/h1-4,8H. The van der Waals surface area contributed by atoms with Crippen molar-refractivity contribution >= 4 is 54.4 Å². The average Bonchev–Trinajstić information content (AvgIpc) is 2.18. The largest absolute Gasteiger partial charge is 0.236 e. The molecule has 0 saturated carbocycles. The second-order valence-corrected chi connectivity index (χ2v) is 6.16. The number of aromatic nitrogens is 2. The van der Waals surface area contributed by atoms with Crippen molar-refractivity contribution in [1.29, 1.82) is 0 Å². The van der Waals surface area contributed by atoms with Crippen molar-refractivity contribution in [3.8, 4) is 0 Å². The van der Waals surface area contributed by atoms with E-state index in [2.05, 4.69) is 41.8 Å². The second-order valence-electron chi connectivity index (χ2n) is 2.74. The lowest BCUT2D eigenvalue weighted by Gasteiger charge is -2.04. The molecule has 0 bridgehead atoms. The molecule has 1 aromatic carbocycles. The highest BCUT2D eigenvalue weighted by Crippen LogP contribution is 2.31. The summed E-state index contributed by atoms with van der Waals surface area (Å²) >= 11 is 12.8. The maximum atomic E-state index is 5.95. The van der Waals surface area contributed by atoms with Crippen molar-refractivity contribution in [2.75, 3.05) is 0 Å². The van der Waals surface area contributed by atoms with Crippen LogP contribution in [0, 0.1) is 0 Å². The Balaban J connectivity index is 2.70. The summed E-state index contributed by atoms with van der Waals surface area (Å²) in [6.07, 6.45) is 1.46. The van der Waals surface area contributed by atoms with E-state index in [1.54, 1.807) is 0 Å². The van der Waals surface area contributed by atoms with Gasteiger partial charge in [0.05, 0.1) is 9.25 Å². The molecule has 0 atom stereocenters. The molecule has 0 aliphatic rings. The monoisotopic (exact) mass is 334 g/mol. The molecule has 0 radical (unpaired) electrons. The number of hydrogen-bond acceptors (Lipinski definition) is 2. The minimum atomic E-state index is 0.121. The van der Waals surface area contributed by atoms with E-state index in [0.29, 0.717) is 5.15 Å². The lowest BCUT2D eigenvalue weighted by Crippen LogP contribution is -1.86. The van der Waals surface area contributed by atoms with Crippen molar-refractivity contribution in [2.45, 2.75) is 3.74 Å². The topological polar surface area (TPSA) is 25.8 Å². The minimum absolute atomic E-state index is 0.121. The van der Waals surface area contributed by atoms with Crippen molar-refractivity contribution < 1.29 is 0 Å². The van der Waals surface area contributed by atoms with Crippen molar-refractivity contribution in [3.63, 3.8) is 0 Å². The van der Waals surface area contributed by atoms with Gasteiger partial charge >= 0.3 is 0 Å². The summed E-state index contributed by atoms with van der Waals surface area (Å²) in [6, 6.07) is 5.87. The van der Waals surface area contributed by atoms with Gasteiger partial charge in [0.2, 0.25) is 0 Å². The molecule has 2 rings (SSSR count). The van der Waals surface area contributed by atoms with Crippen LogP contribution in [0.15, 0.2) is 24.5 Å². The Bertz CT molecular complexity index is 473. The predicted molar refractivity (Wildman–Crippen MR) is 65.1 cm³/mol. The summed E-state index contributed by atoms with van der Waals surface area (Å²) in [5.41, 5.74) is 1.95. The predicted octanol–water partition coefficient (Wildman–Crippen LogP) is 4.07. The number of nitrogens with zero attached hydrogens (tertiary/aromatic N) is 2. The van der Waals surface area contributed by atoms with Crippen LogP contribution in [0.25, 0.3) is 10.9 Å². The third kappa shape index (κ3) is 1.92. The Kier molecular flexibility index (Phi) is 3.04. The molecule has 1 aromatic heterocycles. The summed E-state index contributed by atoms with van der Waals surface area (Å²) in [5, 5.41) is 1.35. The van der Waals surface area contributed by atoms with Gasteiger partial charge in [0.25, 0.3) is 0 Å². The lowest BCUT2D eigenvalue weighted by atomic mass is 10.2. The molecule has 0 amide bonds. The van der Waals surface area contributed by atoms with Crippen molar-refractivity contribution in [1.82, 2.24) is 9.97 Å². The van der Waals surface area contributed by atoms with Gasteiger partial charge in [-0.05, 0) is 17.7 Å². The summed E-state index contributed by atoms with van der Waals surface area (Å²) in [7, 11) is 0. The Hall–Kier alpha value is -0.190. The SMILES string of the molecule is Clc1ncnc2ccc(C(Br)Br)cc12. The molecule has 14 heavy (non-hydrogen) atoms. The first-order valence-electron chi connectivity index (χ1n) is 3.87. The molecule has 0 saturated heterocycles. The fraction of sp³-hybridized carbons (Fsp3) is 0.111. The Morgan fingerprint density at radius 2 is 2.00 bits per heavy atom. The Labute approximate surface area is 103 Å². The number of hydrogen-bond donors (Lipinski definition) is 0. The van der Waals surface area contributed by atoms with Gasteiger partial charge in [-0.15, -0.1) is 0 Å². The molecule has 2 aromatic rings. The van der Waals surface area contributed by atoms with Gasteiger partial charge in [0, 0.05) is 5.39 Å². The zero-order chi connectivity index (χ0) is 10.1. The van der Waals surface area contributed by atoms with Crippen LogP contribution in [0.1, 0.15) is 9.30 Å². The fourth-order valence-electron chi connectivity index (χ4n) is 1.18. The number of halogens is 3. The third-order valence-electron chi connectivity index (χ3n) is 1.86. The second kappa shape index (κ2) is 4.13. The van der Waals surface area contributed by atoms with E-state index in [9.17, 15) is 0 Å². The molecular weight excluding hydrogens is 331 g/mol. The van der Waals surface area contributed by atoms with Crippen LogP contribution in [0.5, 0.6) is 0 Å². The third-order valence-corrected chi connectivity index (χ3v) is 3.22. The maximum Gasteiger partial charge on any atom is 0.140 e. The van der Waals surface area contributed by atoms with Gasteiger partial charge < -0.3 is 0 Å². The Morgan fingerprint density at radius 3 is 2.71 bits per heavy atom. The fourth-order valence-corrected chi connectivity index (χ4v) is 1.94. The molecule has 72 valence electrons. The van der Waals surface area contributed by atoms with Crippen molar-refractivity contribution in [3.05, 3.63) is 35.2 Å². The molecule has 0 aliphatic heterocycles. The highest BCUT2D eigenvalue weighted by Gasteiger charge is 2.06.